The highest BCUT2D eigenvalue weighted by atomic mass is 15.0. The van der Waals surface area contributed by atoms with E-state index in [1.54, 1.807) is 0 Å². The van der Waals surface area contributed by atoms with Crippen molar-refractivity contribution in [1.29, 1.82) is 5.26 Å². The van der Waals surface area contributed by atoms with Crippen molar-refractivity contribution in [2.75, 3.05) is 0 Å². The van der Waals surface area contributed by atoms with Gasteiger partial charge in [0.05, 0.1) is 44.8 Å². The van der Waals surface area contributed by atoms with Crippen LogP contribution in [0.5, 0.6) is 0 Å². The lowest BCUT2D eigenvalue weighted by molar-refractivity contribution is 1.12. The number of aromatic nitrogens is 3. The van der Waals surface area contributed by atoms with Gasteiger partial charge in [-0.25, -0.2) is 4.98 Å². The van der Waals surface area contributed by atoms with Crippen molar-refractivity contribution >= 4 is 43.6 Å². The lowest BCUT2D eigenvalue weighted by atomic mass is 9.95. The molecule has 0 saturated heterocycles. The summed E-state index contributed by atoms with van der Waals surface area (Å²) in [5.74, 6) is 0. The molecule has 4 nitrogen and oxygen atoms in total. The molecule has 3 aromatic heterocycles. The molecule has 4 heteroatoms. The molecule has 0 bridgehead atoms. The maximum atomic E-state index is 12.0. The van der Waals surface area contributed by atoms with Crippen LogP contribution in [0.1, 0.15) is 5.56 Å². The molecule has 0 saturated carbocycles. The topological polar surface area (TPSA) is 46.5 Å². The van der Waals surface area contributed by atoms with Gasteiger partial charge in [0.25, 0.3) is 0 Å². The van der Waals surface area contributed by atoms with Crippen molar-refractivity contribution in [2.45, 2.75) is 0 Å². The van der Waals surface area contributed by atoms with Crippen LogP contribution in [0.3, 0.4) is 0 Å². The van der Waals surface area contributed by atoms with E-state index in [1.807, 2.05) is 12.1 Å². The van der Waals surface area contributed by atoms with Gasteiger partial charge in [0.2, 0.25) is 0 Å². The maximum absolute atomic E-state index is 12.0. The zero-order chi connectivity index (χ0) is 50.5. The predicted molar refractivity (Wildman–Crippen MR) is 316 cm³/mol. The number of hydrogen-bond acceptors (Lipinski definition) is 2. The van der Waals surface area contributed by atoms with E-state index in [1.165, 1.54) is 0 Å². The summed E-state index contributed by atoms with van der Waals surface area (Å²) in [5.41, 5.74) is 20.8. The van der Waals surface area contributed by atoms with Crippen LogP contribution < -0.4 is 0 Å². The van der Waals surface area contributed by atoms with Gasteiger partial charge in [0.15, 0.2) is 0 Å². The second-order valence-corrected chi connectivity index (χ2v) is 19.4. The van der Waals surface area contributed by atoms with Crippen molar-refractivity contribution in [3.8, 4) is 95.6 Å². The first kappa shape index (κ1) is 44.4. The Morgan fingerprint density at radius 2 is 0.592 bits per heavy atom. The molecule has 3 heterocycles. The molecule has 0 atom stereocenters. The Morgan fingerprint density at radius 3 is 0.921 bits per heavy atom. The number of nitrogens with zero attached hydrogens (tertiary/aromatic N) is 4. The van der Waals surface area contributed by atoms with Crippen LogP contribution in [0.2, 0.25) is 0 Å². The van der Waals surface area contributed by atoms with E-state index in [-0.39, 0.29) is 0 Å². The lowest BCUT2D eigenvalue weighted by Gasteiger charge is -2.20. The zero-order valence-electron chi connectivity index (χ0n) is 41.3. The highest BCUT2D eigenvalue weighted by Crippen LogP contribution is 2.45. The standard InChI is InChI=1S/C72H46N4/c73-47-64-70(75-66-37-31-54(48-19-7-1-8-20-48)41-60(66)61-42-55(32-38-67(61)75)49-21-9-2-10-22-49)45-58(59-35-36-65(52-27-15-5-16-28-52)74-72(59)53-29-17-6-18-30-53)46-71(64)76-68-39-33-56(50-23-11-3-12-24-50)43-62(68)63-44-57(34-40-69(63)76)51-25-13-4-14-26-51/h1-46H. The van der Waals surface area contributed by atoms with E-state index in [0.717, 1.165) is 133 Å². The molecular formula is C72H46N4. The largest absolute Gasteiger partial charge is 0.308 e. The predicted octanol–water partition coefficient (Wildman–Crippen LogP) is 18.8. The third kappa shape index (κ3) is 7.66. The minimum atomic E-state index is 0.551. The Bertz CT molecular complexity index is 4120. The first-order valence-electron chi connectivity index (χ1n) is 25.7. The second kappa shape index (κ2) is 18.6. The Morgan fingerprint density at radius 1 is 0.276 bits per heavy atom. The smallest absolute Gasteiger partial charge is 0.104 e. The van der Waals surface area contributed by atoms with E-state index in [9.17, 15) is 5.26 Å². The molecule has 0 aliphatic rings. The summed E-state index contributed by atoms with van der Waals surface area (Å²) in [6.45, 7) is 0. The lowest BCUT2D eigenvalue weighted by Crippen LogP contribution is -2.06. The van der Waals surface area contributed by atoms with Gasteiger partial charge in [-0.15, -0.1) is 0 Å². The van der Waals surface area contributed by atoms with Gasteiger partial charge >= 0.3 is 0 Å². The van der Waals surface area contributed by atoms with Crippen LogP contribution in [0.15, 0.2) is 279 Å². The molecule has 0 unspecified atom stereocenters. The van der Waals surface area contributed by atoms with Crippen LogP contribution >= 0.6 is 0 Å². The van der Waals surface area contributed by atoms with Crippen molar-refractivity contribution in [1.82, 2.24) is 14.1 Å². The molecule has 0 spiro atoms. The van der Waals surface area contributed by atoms with Crippen LogP contribution in [-0.2, 0) is 0 Å². The van der Waals surface area contributed by atoms with Crippen molar-refractivity contribution in [2.24, 2.45) is 0 Å². The maximum Gasteiger partial charge on any atom is 0.104 e. The number of nitriles is 1. The van der Waals surface area contributed by atoms with E-state index < -0.39 is 0 Å². The number of hydrogen-bond donors (Lipinski definition) is 0. The van der Waals surface area contributed by atoms with Crippen LogP contribution in [0.4, 0.5) is 0 Å². The summed E-state index contributed by atoms with van der Waals surface area (Å²) in [4.78, 5) is 5.49. The molecule has 0 radical (unpaired) electrons. The summed E-state index contributed by atoms with van der Waals surface area (Å²) in [5, 5.41) is 16.4. The number of fused-ring (bicyclic) bond motifs is 6. The monoisotopic (exact) mass is 966 g/mol. The number of benzene rings is 11. The molecule has 11 aromatic carbocycles. The molecule has 14 aromatic rings. The zero-order valence-corrected chi connectivity index (χ0v) is 41.3. The Kier molecular flexibility index (Phi) is 10.9. The highest BCUT2D eigenvalue weighted by molar-refractivity contribution is 6.14. The van der Waals surface area contributed by atoms with Gasteiger partial charge in [-0.05, 0) is 117 Å². The molecule has 354 valence electrons. The van der Waals surface area contributed by atoms with Crippen LogP contribution in [-0.4, -0.2) is 14.1 Å². The van der Waals surface area contributed by atoms with Crippen LogP contribution in [0, 0.1) is 11.3 Å². The Balaban J connectivity index is 1.11. The Hall–Kier alpha value is -10.3. The second-order valence-electron chi connectivity index (χ2n) is 19.4. The molecular weight excluding hydrogens is 921 g/mol. The average Bonchev–Trinajstić information content (AvgIpc) is 4.14. The summed E-state index contributed by atoms with van der Waals surface area (Å²) in [6, 6.07) is 102. The van der Waals surface area contributed by atoms with Crippen molar-refractivity contribution < 1.29 is 0 Å². The minimum Gasteiger partial charge on any atom is -0.308 e. The third-order valence-electron chi connectivity index (χ3n) is 15.0. The van der Waals surface area contributed by atoms with Gasteiger partial charge in [0.1, 0.15) is 11.6 Å². The van der Waals surface area contributed by atoms with Gasteiger partial charge in [-0.1, -0.05) is 212 Å². The Labute approximate surface area is 440 Å². The van der Waals surface area contributed by atoms with Crippen molar-refractivity contribution in [3.05, 3.63) is 285 Å². The van der Waals surface area contributed by atoms with Crippen molar-refractivity contribution in [3.63, 3.8) is 0 Å². The normalized spacial score (nSPS) is 11.4. The fourth-order valence-corrected chi connectivity index (χ4v) is 11.3. The first-order chi connectivity index (χ1) is 37.6. The third-order valence-corrected chi connectivity index (χ3v) is 15.0. The number of pyridine rings is 1. The first-order valence-corrected chi connectivity index (χ1v) is 25.7. The summed E-state index contributed by atoms with van der Waals surface area (Å²) >= 11 is 0. The molecule has 0 fully saturated rings. The van der Waals surface area contributed by atoms with Gasteiger partial charge in [0, 0.05) is 38.2 Å². The highest BCUT2D eigenvalue weighted by Gasteiger charge is 2.25. The van der Waals surface area contributed by atoms with Gasteiger partial charge in [-0.2, -0.15) is 5.26 Å². The van der Waals surface area contributed by atoms with E-state index in [2.05, 4.69) is 282 Å². The van der Waals surface area contributed by atoms with Crippen LogP contribution in [0.25, 0.3) is 133 Å². The summed E-state index contributed by atoms with van der Waals surface area (Å²) < 4.78 is 4.64. The molecule has 0 amide bonds. The minimum absolute atomic E-state index is 0.551. The van der Waals surface area contributed by atoms with E-state index in [0.29, 0.717) is 5.56 Å². The molecule has 76 heavy (non-hydrogen) atoms. The summed E-state index contributed by atoms with van der Waals surface area (Å²) in [6.07, 6.45) is 0. The quantitative estimate of drug-likeness (QED) is 0.145. The number of rotatable bonds is 9. The average molecular weight is 967 g/mol. The van der Waals surface area contributed by atoms with E-state index >= 15 is 0 Å². The summed E-state index contributed by atoms with van der Waals surface area (Å²) in [7, 11) is 0. The van der Waals surface area contributed by atoms with E-state index in [4.69, 9.17) is 4.98 Å². The fraction of sp³-hybridized carbons (Fsp3) is 0. The molecule has 0 aliphatic heterocycles. The van der Waals surface area contributed by atoms with Gasteiger partial charge in [-0.3, -0.25) is 0 Å². The molecule has 0 N–H and O–H groups in total. The molecule has 0 aliphatic carbocycles. The SMILES string of the molecule is N#Cc1c(-n2c3ccc(-c4ccccc4)cc3c3cc(-c4ccccc4)ccc32)cc(-c2ccc(-c3ccccc3)nc2-c2ccccc2)cc1-n1c2ccc(-c3ccccc3)cc2c2cc(-c3ccccc3)ccc21. The fourth-order valence-electron chi connectivity index (χ4n) is 11.3. The molecule has 14 rings (SSSR count). The van der Waals surface area contributed by atoms with Gasteiger partial charge < -0.3 is 9.13 Å².